The van der Waals surface area contributed by atoms with E-state index in [0.29, 0.717) is 29.0 Å². The number of aromatic nitrogens is 2. The summed E-state index contributed by atoms with van der Waals surface area (Å²) in [5, 5.41) is 0. The van der Waals surface area contributed by atoms with Crippen LogP contribution in [0.1, 0.15) is 0 Å². The van der Waals surface area contributed by atoms with E-state index in [9.17, 15) is 0 Å². The van der Waals surface area contributed by atoms with E-state index in [1.807, 2.05) is 0 Å². The van der Waals surface area contributed by atoms with Crippen LogP contribution in [0.5, 0.6) is 0 Å². The summed E-state index contributed by atoms with van der Waals surface area (Å²) in [6.45, 7) is 0. The van der Waals surface area contributed by atoms with E-state index in [0.717, 1.165) is 0 Å². The van der Waals surface area contributed by atoms with Crippen LogP contribution < -0.4 is 9.13 Å². The molecule has 0 spiro atoms. The van der Waals surface area contributed by atoms with Crippen LogP contribution in [0.3, 0.4) is 0 Å². The Morgan fingerprint density at radius 1 is 0.650 bits per heavy atom. The van der Waals surface area contributed by atoms with Crippen molar-refractivity contribution in [1.29, 1.82) is 0 Å². The van der Waals surface area contributed by atoms with Crippen LogP contribution in [0.15, 0.2) is 48.5 Å². The van der Waals surface area contributed by atoms with Gasteiger partial charge >= 0.3 is 129 Å². The fourth-order valence-corrected chi connectivity index (χ4v) is 8.20. The van der Waals surface area contributed by atoms with E-state index in [4.69, 9.17) is 0 Å². The van der Waals surface area contributed by atoms with Gasteiger partial charge in [0.25, 0.3) is 0 Å². The third-order valence-corrected chi connectivity index (χ3v) is 9.46. The monoisotopic (exact) mass is 394 g/mol. The Hall–Kier alpha value is -1.18. The molecule has 0 atom stereocenters. The molecule has 0 aliphatic carbocycles. The molecule has 0 aliphatic rings. The standard InChI is InChI=1S/C16H14N2Se2/c1-17-11-7-3-5-9-13(11)19-15(17)16-18(2)12-8-4-6-10-14(12)20-16/h3-10H,1-2H3/q+2. The normalized spacial score (nSPS) is 11.5. The van der Waals surface area contributed by atoms with Crippen molar-refractivity contribution >= 4 is 48.6 Å². The van der Waals surface area contributed by atoms with Crippen LogP contribution in [0, 0.1) is 0 Å². The summed E-state index contributed by atoms with van der Waals surface area (Å²) in [7, 11) is 4.42. The SMILES string of the molecule is C[n+]1c(-c2[se]c3ccccc3[n+]2C)[se]c2ccccc21. The first-order chi connectivity index (χ1) is 9.75. The van der Waals surface area contributed by atoms with Gasteiger partial charge in [0.1, 0.15) is 0 Å². The average Bonchev–Trinajstić information content (AvgIpc) is 2.98. The fourth-order valence-electron chi connectivity index (χ4n) is 2.58. The number of para-hydroxylation sites is 2. The second kappa shape index (κ2) is 4.68. The Morgan fingerprint density at radius 3 is 1.45 bits per heavy atom. The van der Waals surface area contributed by atoms with Crippen LogP contribution >= 0.6 is 0 Å². The molecule has 0 aliphatic heterocycles. The Kier molecular flexibility index (Phi) is 2.94. The first-order valence-corrected chi connectivity index (χ1v) is 9.94. The molecule has 0 saturated heterocycles. The number of rotatable bonds is 1. The Morgan fingerprint density at radius 2 is 1.05 bits per heavy atom. The first kappa shape index (κ1) is 12.6. The van der Waals surface area contributed by atoms with E-state index >= 15 is 0 Å². The summed E-state index contributed by atoms with van der Waals surface area (Å²) in [6.07, 6.45) is 0. The number of benzene rings is 2. The Balaban J connectivity index is 2.06. The first-order valence-electron chi connectivity index (χ1n) is 6.51. The number of aryl methyl sites for hydroxylation is 2. The minimum absolute atomic E-state index is 0.429. The van der Waals surface area contributed by atoms with Crippen molar-refractivity contribution in [2.45, 2.75) is 0 Å². The Labute approximate surface area is 129 Å². The van der Waals surface area contributed by atoms with Crippen molar-refractivity contribution in [2.24, 2.45) is 14.1 Å². The molecule has 4 heteroatoms. The molecule has 2 heterocycles. The predicted molar refractivity (Wildman–Crippen MR) is 83.1 cm³/mol. The van der Waals surface area contributed by atoms with Gasteiger partial charge in [0, 0.05) is 0 Å². The quantitative estimate of drug-likeness (QED) is 0.342. The van der Waals surface area contributed by atoms with Crippen molar-refractivity contribution in [2.75, 3.05) is 0 Å². The van der Waals surface area contributed by atoms with E-state index in [1.165, 1.54) is 28.7 Å². The summed E-state index contributed by atoms with van der Waals surface area (Å²) < 4.78 is 10.9. The van der Waals surface area contributed by atoms with Crippen LogP contribution in [0.4, 0.5) is 0 Å². The van der Waals surface area contributed by atoms with Gasteiger partial charge in [-0.05, 0) is 0 Å². The van der Waals surface area contributed by atoms with Crippen molar-refractivity contribution in [3.63, 3.8) is 0 Å². The third-order valence-electron chi connectivity index (χ3n) is 3.66. The summed E-state index contributed by atoms with van der Waals surface area (Å²) in [5.41, 5.74) is 2.77. The molecule has 0 radical (unpaired) electrons. The van der Waals surface area contributed by atoms with Crippen molar-refractivity contribution in [3.05, 3.63) is 48.5 Å². The molecule has 2 aromatic carbocycles. The molecule has 0 unspecified atom stereocenters. The van der Waals surface area contributed by atoms with E-state index in [1.54, 1.807) is 0 Å². The van der Waals surface area contributed by atoms with E-state index in [-0.39, 0.29) is 0 Å². The molecule has 0 amide bonds. The predicted octanol–water partition coefficient (Wildman–Crippen LogP) is 1.42. The van der Waals surface area contributed by atoms with Gasteiger partial charge in [-0.3, -0.25) is 0 Å². The number of fused-ring (bicyclic) bond motifs is 2. The van der Waals surface area contributed by atoms with Crippen molar-refractivity contribution in [1.82, 2.24) is 0 Å². The summed E-state index contributed by atoms with van der Waals surface area (Å²) in [6, 6.07) is 17.6. The second-order valence-electron chi connectivity index (χ2n) is 4.87. The topological polar surface area (TPSA) is 7.76 Å². The van der Waals surface area contributed by atoms with Crippen LogP contribution in [-0.2, 0) is 14.1 Å². The minimum atomic E-state index is 0.429. The second-order valence-corrected chi connectivity index (χ2v) is 9.19. The molecule has 4 aromatic rings. The molecule has 2 aromatic heterocycles. The van der Waals surface area contributed by atoms with Gasteiger partial charge < -0.3 is 0 Å². The Bertz CT molecular complexity index is 856. The molecular weight excluding hydrogens is 378 g/mol. The zero-order valence-corrected chi connectivity index (χ0v) is 14.8. The number of hydrogen-bond donors (Lipinski definition) is 0. The molecule has 0 N–H and O–H groups in total. The van der Waals surface area contributed by atoms with Gasteiger partial charge in [0.2, 0.25) is 0 Å². The van der Waals surface area contributed by atoms with E-state index in [2.05, 4.69) is 71.8 Å². The third kappa shape index (κ3) is 1.77. The maximum absolute atomic E-state index is 2.40. The average molecular weight is 392 g/mol. The summed E-state index contributed by atoms with van der Waals surface area (Å²) >= 11 is 0.859. The van der Waals surface area contributed by atoms with Gasteiger partial charge in [-0.25, -0.2) is 0 Å². The fraction of sp³-hybridized carbons (Fsp3) is 0.125. The molecular formula is C16H14N2Se2+2. The molecule has 4 rings (SSSR count). The van der Waals surface area contributed by atoms with Crippen LogP contribution in [0.25, 0.3) is 28.7 Å². The molecule has 2 nitrogen and oxygen atoms in total. The summed E-state index contributed by atoms with van der Waals surface area (Å²) in [4.78, 5) is 0. The van der Waals surface area contributed by atoms with Gasteiger partial charge in [0.05, 0.1) is 0 Å². The molecule has 98 valence electrons. The number of nitrogens with zero attached hydrogens (tertiary/aromatic N) is 2. The van der Waals surface area contributed by atoms with Crippen LogP contribution in [0.2, 0.25) is 0 Å². The van der Waals surface area contributed by atoms with Gasteiger partial charge in [-0.15, -0.1) is 0 Å². The molecule has 0 bridgehead atoms. The zero-order valence-electron chi connectivity index (χ0n) is 11.3. The van der Waals surface area contributed by atoms with Crippen molar-refractivity contribution in [3.8, 4) is 9.14 Å². The summed E-state index contributed by atoms with van der Waals surface area (Å²) in [5.74, 6) is 0. The number of hydrogen-bond acceptors (Lipinski definition) is 0. The van der Waals surface area contributed by atoms with Crippen molar-refractivity contribution < 1.29 is 9.13 Å². The maximum atomic E-state index is 2.40. The molecule has 0 saturated carbocycles. The molecule has 0 fully saturated rings. The van der Waals surface area contributed by atoms with Crippen LogP contribution in [-0.4, -0.2) is 29.0 Å². The van der Waals surface area contributed by atoms with Gasteiger partial charge in [-0.1, -0.05) is 0 Å². The molecule has 20 heavy (non-hydrogen) atoms. The van der Waals surface area contributed by atoms with Gasteiger partial charge in [-0.2, -0.15) is 0 Å². The van der Waals surface area contributed by atoms with Gasteiger partial charge in [0.15, 0.2) is 0 Å². The van der Waals surface area contributed by atoms with E-state index < -0.39 is 0 Å². The zero-order chi connectivity index (χ0) is 13.7.